The molecule has 0 saturated carbocycles. The zero-order chi connectivity index (χ0) is 36.6. The van der Waals surface area contributed by atoms with E-state index in [1.165, 1.54) is 21.3 Å². The van der Waals surface area contributed by atoms with E-state index in [0.29, 0.717) is 78.8 Å². The van der Waals surface area contributed by atoms with Crippen LogP contribution in [0, 0.1) is 0 Å². The Bertz CT molecular complexity index is 1510. The molecule has 0 amide bonds. The molecule has 1 aliphatic heterocycles. The molecule has 0 aromatic heterocycles. The summed E-state index contributed by atoms with van der Waals surface area (Å²) < 4.78 is 54.5. The van der Waals surface area contributed by atoms with Gasteiger partial charge in [-0.1, -0.05) is 59.4 Å². The molecule has 280 valence electrons. The molecular weight excluding hydrogens is 652 g/mol. The summed E-state index contributed by atoms with van der Waals surface area (Å²) >= 11 is 0. The summed E-state index contributed by atoms with van der Waals surface area (Å²) in [6, 6.07) is 12.8. The number of hydrogen-bond donors (Lipinski definition) is 0. The molecule has 4 rings (SSSR count). The summed E-state index contributed by atoms with van der Waals surface area (Å²) in [5.41, 5.74) is 1.84. The number of unbranched alkanes of at least 4 members (excludes halogenated alkanes) is 4. The molecule has 10 heteroatoms. The second-order valence-corrected chi connectivity index (χ2v) is 12.5. The third kappa shape index (κ3) is 10.5. The Morgan fingerprint density at radius 2 is 1.22 bits per heavy atom. The van der Waals surface area contributed by atoms with Crippen LogP contribution in [0.15, 0.2) is 42.5 Å². The lowest BCUT2D eigenvalue weighted by Crippen LogP contribution is -2.35. The van der Waals surface area contributed by atoms with Gasteiger partial charge >= 0.3 is 5.97 Å². The molecule has 51 heavy (non-hydrogen) atoms. The fourth-order valence-corrected chi connectivity index (χ4v) is 5.67. The molecule has 3 aromatic carbocycles. The van der Waals surface area contributed by atoms with Crippen molar-refractivity contribution >= 4 is 5.97 Å². The van der Waals surface area contributed by atoms with Crippen molar-refractivity contribution in [2.75, 3.05) is 47.8 Å². The van der Waals surface area contributed by atoms with Gasteiger partial charge in [-0.25, -0.2) is 4.79 Å². The number of benzene rings is 3. The fraction of sp³-hybridized carbons (Fsp3) is 0.537. The first-order valence-electron chi connectivity index (χ1n) is 18.4. The number of fused-ring (bicyclic) bond motifs is 1. The van der Waals surface area contributed by atoms with Crippen molar-refractivity contribution in [1.29, 1.82) is 0 Å². The lowest BCUT2D eigenvalue weighted by atomic mass is 9.93. The van der Waals surface area contributed by atoms with Crippen molar-refractivity contribution in [3.05, 3.63) is 59.2 Å². The highest BCUT2D eigenvalue weighted by Gasteiger charge is 2.37. The minimum atomic E-state index is -0.736. The molecule has 0 N–H and O–H groups in total. The molecule has 0 radical (unpaired) electrons. The van der Waals surface area contributed by atoms with Crippen molar-refractivity contribution in [2.24, 2.45) is 0 Å². The normalized spacial score (nSPS) is 14.9. The van der Waals surface area contributed by atoms with Gasteiger partial charge in [0.15, 0.2) is 29.1 Å². The van der Waals surface area contributed by atoms with E-state index in [9.17, 15) is 4.79 Å². The summed E-state index contributed by atoms with van der Waals surface area (Å²) in [6.07, 6.45) is 6.61. The van der Waals surface area contributed by atoms with E-state index >= 15 is 0 Å². The van der Waals surface area contributed by atoms with Gasteiger partial charge in [-0.05, 0) is 49.9 Å². The predicted octanol–water partition coefficient (Wildman–Crippen LogP) is 9.33. The van der Waals surface area contributed by atoms with Crippen LogP contribution >= 0.6 is 0 Å². The Balaban J connectivity index is 1.78. The summed E-state index contributed by atoms with van der Waals surface area (Å²) in [5.74, 6) is 3.75. The number of carbonyl (C=O) groups is 1. The first-order valence-corrected chi connectivity index (χ1v) is 18.4. The van der Waals surface area contributed by atoms with Gasteiger partial charge in [-0.15, -0.1) is 0 Å². The van der Waals surface area contributed by atoms with Gasteiger partial charge in [-0.3, -0.25) is 0 Å². The summed E-state index contributed by atoms with van der Waals surface area (Å²) in [4.78, 5) is 14.0. The van der Waals surface area contributed by atoms with Crippen molar-refractivity contribution in [2.45, 2.75) is 97.7 Å². The number of methoxy groups -OCH3 is 3. The van der Waals surface area contributed by atoms with Gasteiger partial charge in [0, 0.05) is 29.7 Å². The van der Waals surface area contributed by atoms with Gasteiger partial charge in [0.1, 0.15) is 23.4 Å². The fourth-order valence-electron chi connectivity index (χ4n) is 5.67. The Kier molecular flexibility index (Phi) is 15.7. The number of carbonyl (C=O) groups excluding carboxylic acids is 1. The molecule has 0 fully saturated rings. The maximum atomic E-state index is 14.0. The first kappa shape index (κ1) is 39.3. The molecule has 0 spiro atoms. The number of ether oxygens (including phenoxy) is 9. The zero-order valence-electron chi connectivity index (χ0n) is 31.5. The molecule has 0 unspecified atom stereocenters. The van der Waals surface area contributed by atoms with E-state index in [1.807, 2.05) is 30.3 Å². The third-order valence-electron chi connectivity index (χ3n) is 8.63. The van der Waals surface area contributed by atoms with Gasteiger partial charge in [0.05, 0.1) is 53.3 Å². The Hall–Kier alpha value is -4.47. The summed E-state index contributed by atoms with van der Waals surface area (Å²) in [5, 5.41) is 0. The van der Waals surface area contributed by atoms with Crippen LogP contribution in [0.2, 0.25) is 0 Å². The molecule has 1 heterocycles. The van der Waals surface area contributed by atoms with Crippen LogP contribution in [-0.2, 0) is 11.2 Å². The highest BCUT2D eigenvalue weighted by atomic mass is 16.6. The van der Waals surface area contributed by atoms with Crippen molar-refractivity contribution < 1.29 is 47.4 Å². The number of esters is 1. The van der Waals surface area contributed by atoms with Gasteiger partial charge in [0.2, 0.25) is 5.75 Å². The van der Waals surface area contributed by atoms with Crippen LogP contribution in [0.3, 0.4) is 0 Å². The average Bonchev–Trinajstić information content (AvgIpc) is 3.14. The molecule has 0 bridgehead atoms. The van der Waals surface area contributed by atoms with Crippen molar-refractivity contribution in [1.82, 2.24) is 0 Å². The first-order chi connectivity index (χ1) is 24.9. The van der Waals surface area contributed by atoms with Crippen LogP contribution in [0.25, 0.3) is 0 Å². The van der Waals surface area contributed by atoms with Crippen LogP contribution in [-0.4, -0.2) is 59.8 Å². The second-order valence-electron chi connectivity index (χ2n) is 12.5. The monoisotopic (exact) mass is 708 g/mol. The zero-order valence-corrected chi connectivity index (χ0v) is 31.5. The maximum absolute atomic E-state index is 14.0. The lowest BCUT2D eigenvalue weighted by molar-refractivity contribution is -0.0190. The van der Waals surface area contributed by atoms with E-state index in [1.54, 1.807) is 12.1 Å². The Labute approximate surface area is 303 Å². The largest absolute Gasteiger partial charge is 0.493 e. The smallest absolute Gasteiger partial charge is 0.338 e. The minimum Gasteiger partial charge on any atom is -0.493 e. The van der Waals surface area contributed by atoms with Crippen LogP contribution in [0.4, 0.5) is 0 Å². The SMILES string of the molecule is CCCCOc1cc(OCCCC)c2c(c1)O[C@H](c1ccc(OCCCC)c(OCCCC)c1)[C@H](OC(=O)c1cc(OC)c(OC)c(OC)c1)C2. The molecule has 2 atom stereocenters. The molecule has 0 saturated heterocycles. The van der Waals surface area contributed by atoms with Crippen LogP contribution in [0.1, 0.15) is 107 Å². The van der Waals surface area contributed by atoms with Crippen LogP contribution < -0.4 is 37.9 Å². The van der Waals surface area contributed by atoms with Crippen molar-refractivity contribution in [3.63, 3.8) is 0 Å². The van der Waals surface area contributed by atoms with E-state index in [0.717, 1.165) is 62.5 Å². The molecule has 0 aliphatic carbocycles. The van der Waals surface area contributed by atoms with Crippen LogP contribution in [0.5, 0.6) is 46.0 Å². The second kappa shape index (κ2) is 20.4. The molecule has 1 aliphatic rings. The standard InChI is InChI=1S/C41H56O10/c1-8-12-18-46-30-25-33(48-20-14-10-3)31-27-38(51-41(42)29-23-36(43-5)40(45-7)37(24-29)44-6)39(50-34(31)26-30)28-16-17-32(47-19-13-9-2)35(22-28)49-21-15-11-4/h16-17,22-26,38-39H,8-15,18-21,27H2,1-7H3/t38-,39-/m1/s1. The average molecular weight is 709 g/mol. The molecule has 10 nitrogen and oxygen atoms in total. The number of hydrogen-bond acceptors (Lipinski definition) is 10. The van der Waals surface area contributed by atoms with Gasteiger partial charge in [-0.2, -0.15) is 0 Å². The van der Waals surface area contributed by atoms with Gasteiger partial charge < -0.3 is 42.6 Å². The molecule has 3 aromatic rings. The van der Waals surface area contributed by atoms with E-state index < -0.39 is 18.2 Å². The summed E-state index contributed by atoms with van der Waals surface area (Å²) in [6.45, 7) is 10.8. The highest BCUT2D eigenvalue weighted by molar-refractivity contribution is 5.91. The minimum absolute atomic E-state index is 0.247. The van der Waals surface area contributed by atoms with Gasteiger partial charge in [0.25, 0.3) is 0 Å². The van der Waals surface area contributed by atoms with E-state index in [4.69, 9.17) is 42.6 Å². The lowest BCUT2D eigenvalue weighted by Gasteiger charge is -2.35. The Morgan fingerprint density at radius 3 is 1.78 bits per heavy atom. The number of rotatable bonds is 22. The van der Waals surface area contributed by atoms with E-state index in [-0.39, 0.29) is 5.56 Å². The quantitative estimate of drug-likeness (QED) is 0.0742. The Morgan fingerprint density at radius 1 is 0.647 bits per heavy atom. The predicted molar refractivity (Wildman–Crippen MR) is 197 cm³/mol. The summed E-state index contributed by atoms with van der Waals surface area (Å²) in [7, 11) is 4.52. The molecular formula is C41H56O10. The van der Waals surface area contributed by atoms with E-state index in [2.05, 4.69) is 27.7 Å². The maximum Gasteiger partial charge on any atom is 0.338 e. The topological polar surface area (TPSA) is 100 Å². The van der Waals surface area contributed by atoms with Crippen molar-refractivity contribution in [3.8, 4) is 46.0 Å². The third-order valence-corrected chi connectivity index (χ3v) is 8.63. The highest BCUT2D eigenvalue weighted by Crippen LogP contribution is 2.46.